The SMILES string of the molecule is Cn1c(=O)n(CCC(=O)Nc2c(Cl)cccc2Cl)c(=O)c2ccc(C(F)(F)F)nc21. The second-order valence-corrected chi connectivity index (χ2v) is 7.07. The van der Waals surface area contributed by atoms with Crippen molar-refractivity contribution in [3.63, 3.8) is 0 Å². The van der Waals surface area contributed by atoms with Gasteiger partial charge in [0.2, 0.25) is 5.91 Å². The van der Waals surface area contributed by atoms with Crippen molar-refractivity contribution in [3.8, 4) is 0 Å². The minimum atomic E-state index is -4.73. The molecule has 12 heteroatoms. The van der Waals surface area contributed by atoms with Crippen LogP contribution in [0.25, 0.3) is 11.0 Å². The summed E-state index contributed by atoms with van der Waals surface area (Å²) in [6.45, 7) is -0.309. The molecule has 2 aromatic heterocycles. The summed E-state index contributed by atoms with van der Waals surface area (Å²) in [5.41, 5.74) is -3.18. The molecule has 0 atom stereocenters. The molecular formula is C18H13Cl2F3N4O3. The summed E-state index contributed by atoms with van der Waals surface area (Å²) in [4.78, 5) is 40.7. The highest BCUT2D eigenvalue weighted by Gasteiger charge is 2.33. The molecule has 0 fully saturated rings. The first-order valence-corrected chi connectivity index (χ1v) is 9.18. The Labute approximate surface area is 176 Å². The van der Waals surface area contributed by atoms with Crippen molar-refractivity contribution in [3.05, 3.63) is 66.9 Å². The maximum atomic E-state index is 12.9. The van der Waals surface area contributed by atoms with E-state index in [-0.39, 0.29) is 34.1 Å². The van der Waals surface area contributed by atoms with Gasteiger partial charge < -0.3 is 5.32 Å². The van der Waals surface area contributed by atoms with Crippen LogP contribution in [0, 0.1) is 0 Å². The minimum Gasteiger partial charge on any atom is -0.323 e. The fourth-order valence-corrected chi connectivity index (χ4v) is 3.25. The predicted molar refractivity (Wildman–Crippen MR) is 106 cm³/mol. The van der Waals surface area contributed by atoms with Crippen LogP contribution in [-0.2, 0) is 24.6 Å². The number of carbonyl (C=O) groups is 1. The lowest BCUT2D eigenvalue weighted by atomic mass is 10.2. The zero-order chi connectivity index (χ0) is 22.2. The summed E-state index contributed by atoms with van der Waals surface area (Å²) in [6, 6.07) is 6.25. The Morgan fingerprint density at radius 2 is 1.77 bits per heavy atom. The number of para-hydroxylation sites is 1. The Morgan fingerprint density at radius 3 is 2.37 bits per heavy atom. The number of fused-ring (bicyclic) bond motifs is 1. The van der Waals surface area contributed by atoms with Crippen molar-refractivity contribution in [1.29, 1.82) is 0 Å². The van der Waals surface area contributed by atoms with Crippen LogP contribution in [-0.4, -0.2) is 20.0 Å². The average molecular weight is 461 g/mol. The Hall–Kier alpha value is -2.85. The maximum absolute atomic E-state index is 12.9. The number of alkyl halides is 3. The van der Waals surface area contributed by atoms with Crippen LogP contribution < -0.4 is 16.6 Å². The number of amides is 1. The quantitative estimate of drug-likeness (QED) is 0.645. The normalized spacial score (nSPS) is 11.7. The molecule has 0 aliphatic carbocycles. The van der Waals surface area contributed by atoms with Gasteiger partial charge >= 0.3 is 11.9 Å². The zero-order valence-corrected chi connectivity index (χ0v) is 16.8. The number of hydrogen-bond acceptors (Lipinski definition) is 4. The van der Waals surface area contributed by atoms with Gasteiger partial charge in [-0.1, -0.05) is 29.3 Å². The van der Waals surface area contributed by atoms with Gasteiger partial charge in [0.25, 0.3) is 5.56 Å². The first kappa shape index (κ1) is 21.8. The second-order valence-electron chi connectivity index (χ2n) is 6.26. The van der Waals surface area contributed by atoms with Crippen LogP contribution in [0.5, 0.6) is 0 Å². The summed E-state index contributed by atoms with van der Waals surface area (Å²) >= 11 is 12.0. The molecule has 0 bridgehead atoms. The van der Waals surface area contributed by atoms with Gasteiger partial charge in [0.05, 0.1) is 21.1 Å². The molecule has 3 rings (SSSR count). The van der Waals surface area contributed by atoms with E-state index in [1.807, 2.05) is 0 Å². The number of aryl methyl sites for hydroxylation is 1. The van der Waals surface area contributed by atoms with Crippen LogP contribution in [0.3, 0.4) is 0 Å². The summed E-state index contributed by atoms with van der Waals surface area (Å²) < 4.78 is 40.2. The fourth-order valence-electron chi connectivity index (χ4n) is 2.76. The van der Waals surface area contributed by atoms with E-state index >= 15 is 0 Å². The third kappa shape index (κ3) is 4.19. The van der Waals surface area contributed by atoms with Gasteiger partial charge in [-0.15, -0.1) is 0 Å². The molecule has 1 amide bonds. The molecule has 0 aliphatic heterocycles. The fraction of sp³-hybridized carbons (Fsp3) is 0.222. The number of nitrogens with one attached hydrogen (secondary N) is 1. The van der Waals surface area contributed by atoms with Crippen molar-refractivity contribution in [2.45, 2.75) is 19.1 Å². The number of rotatable bonds is 4. The highest BCUT2D eigenvalue weighted by Crippen LogP contribution is 2.30. The summed E-state index contributed by atoms with van der Waals surface area (Å²) in [6.07, 6.45) is -5.01. The molecule has 0 radical (unpaired) electrons. The van der Waals surface area contributed by atoms with E-state index in [2.05, 4.69) is 10.3 Å². The second kappa shape index (κ2) is 8.11. The monoisotopic (exact) mass is 460 g/mol. The van der Waals surface area contributed by atoms with E-state index in [0.717, 1.165) is 15.2 Å². The Bertz CT molecular complexity index is 1250. The van der Waals surface area contributed by atoms with E-state index in [0.29, 0.717) is 6.07 Å². The van der Waals surface area contributed by atoms with Gasteiger partial charge in [-0.2, -0.15) is 13.2 Å². The van der Waals surface area contributed by atoms with Gasteiger partial charge in [0.1, 0.15) is 11.3 Å². The summed E-state index contributed by atoms with van der Waals surface area (Å²) in [5.74, 6) is -0.565. The summed E-state index contributed by atoms with van der Waals surface area (Å²) in [7, 11) is 1.19. The van der Waals surface area contributed by atoms with Gasteiger partial charge in [0, 0.05) is 20.0 Å². The molecule has 7 nitrogen and oxygen atoms in total. The first-order valence-electron chi connectivity index (χ1n) is 8.42. The maximum Gasteiger partial charge on any atom is 0.433 e. The first-order chi connectivity index (χ1) is 14.0. The Kier molecular flexibility index (Phi) is 5.91. The van der Waals surface area contributed by atoms with E-state index in [9.17, 15) is 27.6 Å². The minimum absolute atomic E-state index is 0.181. The van der Waals surface area contributed by atoms with E-state index in [1.165, 1.54) is 19.2 Å². The van der Waals surface area contributed by atoms with Gasteiger partial charge in [-0.25, -0.2) is 9.78 Å². The molecular weight excluding hydrogens is 448 g/mol. The number of hydrogen-bond donors (Lipinski definition) is 1. The lowest BCUT2D eigenvalue weighted by Gasteiger charge is -2.13. The largest absolute Gasteiger partial charge is 0.433 e. The molecule has 0 saturated carbocycles. The van der Waals surface area contributed by atoms with Gasteiger partial charge in [0.15, 0.2) is 0 Å². The lowest BCUT2D eigenvalue weighted by Crippen LogP contribution is -2.40. The Morgan fingerprint density at radius 1 is 1.13 bits per heavy atom. The molecule has 1 aromatic carbocycles. The van der Waals surface area contributed by atoms with Gasteiger partial charge in [-0.05, 0) is 24.3 Å². The van der Waals surface area contributed by atoms with Crippen LogP contribution in [0.1, 0.15) is 12.1 Å². The van der Waals surface area contributed by atoms with Crippen molar-refractivity contribution in [2.75, 3.05) is 5.32 Å². The number of carbonyl (C=O) groups excluding carboxylic acids is 1. The molecule has 30 heavy (non-hydrogen) atoms. The summed E-state index contributed by atoms with van der Waals surface area (Å²) in [5, 5.41) is 2.74. The van der Waals surface area contributed by atoms with Crippen molar-refractivity contribution < 1.29 is 18.0 Å². The molecule has 0 spiro atoms. The Balaban J connectivity index is 1.91. The van der Waals surface area contributed by atoms with E-state index in [1.54, 1.807) is 6.07 Å². The van der Waals surface area contributed by atoms with E-state index < -0.39 is 34.7 Å². The van der Waals surface area contributed by atoms with Crippen molar-refractivity contribution >= 4 is 45.8 Å². The van der Waals surface area contributed by atoms with Crippen LogP contribution >= 0.6 is 23.2 Å². The highest BCUT2D eigenvalue weighted by molar-refractivity contribution is 6.39. The average Bonchev–Trinajstić information content (AvgIpc) is 2.68. The van der Waals surface area contributed by atoms with Crippen molar-refractivity contribution in [1.82, 2.24) is 14.1 Å². The molecule has 2 heterocycles. The highest BCUT2D eigenvalue weighted by atomic mass is 35.5. The van der Waals surface area contributed by atoms with Gasteiger partial charge in [-0.3, -0.25) is 18.7 Å². The third-order valence-corrected chi connectivity index (χ3v) is 4.90. The molecule has 0 unspecified atom stereocenters. The van der Waals surface area contributed by atoms with Crippen LogP contribution in [0.15, 0.2) is 39.9 Å². The number of benzene rings is 1. The molecule has 3 aromatic rings. The molecule has 0 saturated heterocycles. The predicted octanol–water partition coefficient (Wildman–Crippen LogP) is 3.45. The number of anilines is 1. The zero-order valence-electron chi connectivity index (χ0n) is 15.3. The van der Waals surface area contributed by atoms with Crippen LogP contribution in [0.4, 0.5) is 18.9 Å². The third-order valence-electron chi connectivity index (χ3n) is 4.27. The van der Waals surface area contributed by atoms with Crippen LogP contribution in [0.2, 0.25) is 10.0 Å². The molecule has 158 valence electrons. The standard InChI is InChI=1S/C18H13Cl2F3N4O3/c1-26-15-9(5-6-12(24-15)18(21,22)23)16(29)27(17(26)30)8-7-13(28)25-14-10(19)3-2-4-11(14)20/h2-6H,7-8H2,1H3,(H,25,28). The van der Waals surface area contributed by atoms with E-state index in [4.69, 9.17) is 23.2 Å². The number of nitrogens with zero attached hydrogens (tertiary/aromatic N) is 3. The lowest BCUT2D eigenvalue weighted by molar-refractivity contribution is -0.141. The number of pyridine rings is 1. The molecule has 1 N–H and O–H groups in total. The number of halogens is 5. The smallest absolute Gasteiger partial charge is 0.323 e. The topological polar surface area (TPSA) is 86.0 Å². The van der Waals surface area contributed by atoms with Crippen molar-refractivity contribution in [2.24, 2.45) is 7.05 Å². The molecule has 0 aliphatic rings. The number of aromatic nitrogens is 3.